The number of fused-ring (bicyclic) bond motifs is 1. The summed E-state index contributed by atoms with van der Waals surface area (Å²) in [4.78, 5) is 27.8. The lowest BCUT2D eigenvalue weighted by Crippen LogP contribution is -2.36. The van der Waals surface area contributed by atoms with Gasteiger partial charge in [0.25, 0.3) is 5.91 Å². The van der Waals surface area contributed by atoms with Crippen molar-refractivity contribution in [1.82, 2.24) is 9.80 Å². The molecule has 2 amide bonds. The number of carbonyl (C=O) groups excluding carboxylic acids is 2. The minimum absolute atomic E-state index is 0.0788. The Morgan fingerprint density at radius 2 is 1.86 bits per heavy atom. The van der Waals surface area contributed by atoms with Gasteiger partial charge in [-0.3, -0.25) is 9.59 Å². The molecule has 0 atom stereocenters. The van der Waals surface area contributed by atoms with E-state index in [-0.39, 0.29) is 11.8 Å². The number of hydrogen-bond donors (Lipinski definition) is 1. The number of anilines is 1. The third-order valence-electron chi connectivity index (χ3n) is 4.29. The largest absolute Gasteiger partial charge is 0.384 e. The van der Waals surface area contributed by atoms with Crippen molar-refractivity contribution in [3.05, 3.63) is 29.3 Å². The average Bonchev–Trinajstić information content (AvgIpc) is 2.80. The highest BCUT2D eigenvalue weighted by Crippen LogP contribution is 2.23. The molecule has 0 saturated carbocycles. The molecular weight excluding hydrogens is 266 g/mol. The van der Waals surface area contributed by atoms with Gasteiger partial charge in [-0.05, 0) is 36.6 Å². The predicted molar refractivity (Wildman–Crippen MR) is 81.4 cm³/mol. The molecule has 0 aromatic heterocycles. The second-order valence-corrected chi connectivity index (χ2v) is 5.70. The van der Waals surface area contributed by atoms with Crippen LogP contribution < -0.4 is 5.32 Å². The standard InChI is InChI=1S/C16H21N3O2/c1-12(20)18-7-2-8-19(10-9-18)16(21)14-3-4-15-13(11-14)5-6-17-15/h3-4,11,17H,2,5-10H2,1H3. The van der Waals surface area contributed by atoms with E-state index in [9.17, 15) is 9.59 Å². The van der Waals surface area contributed by atoms with Crippen molar-refractivity contribution in [2.75, 3.05) is 38.0 Å². The van der Waals surface area contributed by atoms with Crippen molar-refractivity contribution in [1.29, 1.82) is 0 Å². The summed E-state index contributed by atoms with van der Waals surface area (Å²) in [6.45, 7) is 5.25. The summed E-state index contributed by atoms with van der Waals surface area (Å²) in [5.74, 6) is 0.169. The van der Waals surface area contributed by atoms with Crippen LogP contribution in [0.4, 0.5) is 5.69 Å². The lowest BCUT2D eigenvalue weighted by Gasteiger charge is -2.21. The summed E-state index contributed by atoms with van der Waals surface area (Å²) in [7, 11) is 0. The van der Waals surface area contributed by atoms with E-state index in [0.29, 0.717) is 13.1 Å². The van der Waals surface area contributed by atoms with Crippen LogP contribution in [0.2, 0.25) is 0 Å². The molecular formula is C16H21N3O2. The van der Waals surface area contributed by atoms with Gasteiger partial charge in [-0.15, -0.1) is 0 Å². The number of amides is 2. The topological polar surface area (TPSA) is 52.7 Å². The second kappa shape index (κ2) is 5.76. The fraction of sp³-hybridized carbons (Fsp3) is 0.500. The Balaban J connectivity index is 1.71. The van der Waals surface area contributed by atoms with Gasteiger partial charge in [-0.1, -0.05) is 0 Å². The van der Waals surface area contributed by atoms with Crippen molar-refractivity contribution in [2.45, 2.75) is 19.8 Å². The molecule has 0 spiro atoms. The van der Waals surface area contributed by atoms with Gasteiger partial charge in [0.2, 0.25) is 5.91 Å². The molecule has 2 aliphatic rings. The van der Waals surface area contributed by atoms with Gasteiger partial charge in [0, 0.05) is 50.9 Å². The molecule has 1 fully saturated rings. The highest BCUT2D eigenvalue weighted by atomic mass is 16.2. The molecule has 2 heterocycles. The lowest BCUT2D eigenvalue weighted by molar-refractivity contribution is -0.128. The average molecular weight is 287 g/mol. The minimum atomic E-state index is 0.0788. The number of benzene rings is 1. The fourth-order valence-electron chi connectivity index (χ4n) is 3.06. The van der Waals surface area contributed by atoms with E-state index in [1.807, 2.05) is 28.0 Å². The van der Waals surface area contributed by atoms with Gasteiger partial charge in [-0.25, -0.2) is 0 Å². The first-order valence-corrected chi connectivity index (χ1v) is 7.57. The summed E-state index contributed by atoms with van der Waals surface area (Å²) in [6.07, 6.45) is 1.83. The van der Waals surface area contributed by atoms with E-state index in [1.165, 1.54) is 5.56 Å². The number of hydrogen-bond acceptors (Lipinski definition) is 3. The molecule has 1 saturated heterocycles. The fourth-order valence-corrected chi connectivity index (χ4v) is 3.06. The molecule has 5 heteroatoms. The Morgan fingerprint density at radius 3 is 2.67 bits per heavy atom. The van der Waals surface area contributed by atoms with Gasteiger partial charge in [0.15, 0.2) is 0 Å². The monoisotopic (exact) mass is 287 g/mol. The van der Waals surface area contributed by atoms with Crippen LogP contribution in [-0.4, -0.2) is 54.3 Å². The van der Waals surface area contributed by atoms with Crippen LogP contribution in [0.15, 0.2) is 18.2 Å². The molecule has 0 radical (unpaired) electrons. The number of nitrogens with one attached hydrogen (secondary N) is 1. The molecule has 5 nitrogen and oxygen atoms in total. The zero-order chi connectivity index (χ0) is 14.8. The van der Waals surface area contributed by atoms with Crippen LogP contribution >= 0.6 is 0 Å². The van der Waals surface area contributed by atoms with Crippen LogP contribution in [0.1, 0.15) is 29.3 Å². The van der Waals surface area contributed by atoms with E-state index in [0.717, 1.165) is 43.7 Å². The minimum Gasteiger partial charge on any atom is -0.384 e. The van der Waals surface area contributed by atoms with Crippen LogP contribution in [0.25, 0.3) is 0 Å². The van der Waals surface area contributed by atoms with Crippen molar-refractivity contribution in [2.24, 2.45) is 0 Å². The number of rotatable bonds is 1. The van der Waals surface area contributed by atoms with Crippen molar-refractivity contribution in [3.63, 3.8) is 0 Å². The molecule has 3 rings (SSSR count). The van der Waals surface area contributed by atoms with Crippen LogP contribution in [0.5, 0.6) is 0 Å². The number of carbonyl (C=O) groups is 2. The van der Waals surface area contributed by atoms with E-state index in [1.54, 1.807) is 6.92 Å². The van der Waals surface area contributed by atoms with Crippen LogP contribution in [-0.2, 0) is 11.2 Å². The van der Waals surface area contributed by atoms with Gasteiger partial charge in [0.1, 0.15) is 0 Å². The Labute approximate surface area is 124 Å². The first kappa shape index (κ1) is 13.9. The molecule has 112 valence electrons. The van der Waals surface area contributed by atoms with Crippen LogP contribution in [0, 0.1) is 0 Å². The normalized spacial score (nSPS) is 18.0. The third-order valence-corrected chi connectivity index (χ3v) is 4.29. The summed E-state index contributed by atoms with van der Waals surface area (Å²) < 4.78 is 0. The smallest absolute Gasteiger partial charge is 0.253 e. The lowest BCUT2D eigenvalue weighted by atomic mass is 10.1. The maximum Gasteiger partial charge on any atom is 0.253 e. The molecule has 1 N–H and O–H groups in total. The van der Waals surface area contributed by atoms with E-state index in [2.05, 4.69) is 5.32 Å². The van der Waals surface area contributed by atoms with Crippen molar-refractivity contribution >= 4 is 17.5 Å². The highest BCUT2D eigenvalue weighted by molar-refractivity contribution is 5.95. The van der Waals surface area contributed by atoms with E-state index >= 15 is 0 Å². The Morgan fingerprint density at radius 1 is 1.10 bits per heavy atom. The summed E-state index contributed by atoms with van der Waals surface area (Å²) in [5.41, 5.74) is 3.12. The first-order chi connectivity index (χ1) is 10.1. The van der Waals surface area contributed by atoms with Crippen molar-refractivity contribution in [3.8, 4) is 0 Å². The molecule has 0 bridgehead atoms. The summed E-state index contributed by atoms with van der Waals surface area (Å²) in [5, 5.41) is 3.30. The first-order valence-electron chi connectivity index (χ1n) is 7.57. The SMILES string of the molecule is CC(=O)N1CCCN(C(=O)c2ccc3c(c2)CCN3)CC1. The zero-order valence-corrected chi connectivity index (χ0v) is 12.4. The molecule has 0 unspecified atom stereocenters. The highest BCUT2D eigenvalue weighted by Gasteiger charge is 2.22. The summed E-state index contributed by atoms with van der Waals surface area (Å²) >= 11 is 0. The molecule has 1 aromatic carbocycles. The maximum atomic E-state index is 12.6. The maximum absolute atomic E-state index is 12.6. The molecule has 0 aliphatic carbocycles. The van der Waals surface area contributed by atoms with Gasteiger partial charge in [0.05, 0.1) is 0 Å². The number of nitrogens with zero attached hydrogens (tertiary/aromatic N) is 2. The van der Waals surface area contributed by atoms with E-state index < -0.39 is 0 Å². The molecule has 21 heavy (non-hydrogen) atoms. The van der Waals surface area contributed by atoms with E-state index in [4.69, 9.17) is 0 Å². The predicted octanol–water partition coefficient (Wildman–Crippen LogP) is 1.35. The van der Waals surface area contributed by atoms with Gasteiger partial charge in [-0.2, -0.15) is 0 Å². The zero-order valence-electron chi connectivity index (χ0n) is 12.4. The van der Waals surface area contributed by atoms with Gasteiger partial charge < -0.3 is 15.1 Å². The Kier molecular flexibility index (Phi) is 3.82. The Hall–Kier alpha value is -2.04. The van der Waals surface area contributed by atoms with Crippen LogP contribution in [0.3, 0.4) is 0 Å². The van der Waals surface area contributed by atoms with Gasteiger partial charge >= 0.3 is 0 Å². The quantitative estimate of drug-likeness (QED) is 0.848. The summed E-state index contributed by atoms with van der Waals surface area (Å²) in [6, 6.07) is 5.90. The Bertz CT molecular complexity index is 571. The van der Waals surface area contributed by atoms with Crippen molar-refractivity contribution < 1.29 is 9.59 Å². The third kappa shape index (κ3) is 2.86. The molecule has 2 aliphatic heterocycles. The molecule has 1 aromatic rings. The second-order valence-electron chi connectivity index (χ2n) is 5.70.